The number of halogens is 15. The van der Waals surface area contributed by atoms with Crippen LogP contribution >= 0.6 is 0 Å². The van der Waals surface area contributed by atoms with Gasteiger partial charge in [0.1, 0.15) is 17.3 Å². The second-order valence-electron chi connectivity index (χ2n) is 8.11. The molecule has 6 N–H and O–H groups in total. The second-order valence-corrected chi connectivity index (χ2v) is 12.5. The second kappa shape index (κ2) is 17.1. The van der Waals surface area contributed by atoms with Crippen molar-refractivity contribution in [3.05, 3.63) is 0 Å². The lowest BCUT2D eigenvalue weighted by Gasteiger charge is -2.24. The van der Waals surface area contributed by atoms with Gasteiger partial charge in [-0.2, -0.15) is 91.1 Å². The average molecular weight is 777 g/mol. The molecule has 278 valence electrons. The van der Waals surface area contributed by atoms with Crippen LogP contribution in [0.15, 0.2) is 0 Å². The minimum Gasteiger partial charge on any atom is -0.396 e. The summed E-state index contributed by atoms with van der Waals surface area (Å²) in [6, 6.07) is 0. The predicted molar refractivity (Wildman–Crippen MR) is 116 cm³/mol. The lowest BCUT2D eigenvalue weighted by molar-refractivity contribution is -0.271. The highest BCUT2D eigenvalue weighted by molar-refractivity contribution is 7.86. The fourth-order valence-electron chi connectivity index (χ4n) is 1.42. The zero-order valence-electron chi connectivity index (χ0n) is 21.5. The first-order chi connectivity index (χ1) is 19.1. The van der Waals surface area contributed by atoms with Gasteiger partial charge in [-0.25, -0.2) is 0 Å². The molecule has 0 aromatic carbocycles. The molecule has 0 aliphatic heterocycles. The molecule has 0 atom stereocenters. The molecule has 0 unspecified atom stereocenters. The Labute approximate surface area is 243 Å². The summed E-state index contributed by atoms with van der Waals surface area (Å²) in [5.74, 6) is -24.2. The first-order valence-corrected chi connectivity index (χ1v) is 15.0. The van der Waals surface area contributed by atoms with E-state index >= 15 is 0 Å². The molecule has 12 nitrogen and oxygen atoms in total. The van der Waals surface area contributed by atoms with Crippen LogP contribution in [0.5, 0.6) is 0 Å². The minimum absolute atomic E-state index is 0.156. The normalized spacial score (nSPS) is 14.3. The first kappa shape index (κ1) is 50.4. The monoisotopic (exact) mass is 776 g/mol. The predicted octanol–water partition coefficient (Wildman–Crippen LogP) is 2.58. The Hall–Kier alpha value is -1.44. The van der Waals surface area contributed by atoms with Crippen LogP contribution in [0, 0.1) is 5.41 Å². The van der Waals surface area contributed by atoms with Crippen LogP contribution in [0.25, 0.3) is 0 Å². The van der Waals surface area contributed by atoms with Gasteiger partial charge in [0, 0.05) is 5.41 Å². The van der Waals surface area contributed by atoms with Crippen LogP contribution in [-0.2, 0) is 30.4 Å². The SMILES string of the molecule is CCC(CO)(CO)CO.O=S(=O)(O)CC(F)(F)C(F)(F)F.O=S(=O)(O)CC(F)(F)C(F)(F)F.O=S(=O)(O)CC(F)(F)C(F)(F)F. The van der Waals surface area contributed by atoms with Gasteiger partial charge < -0.3 is 15.3 Å². The summed E-state index contributed by atoms with van der Waals surface area (Å²) in [6.45, 7) is 1.35. The molecule has 0 aliphatic carbocycles. The van der Waals surface area contributed by atoms with Gasteiger partial charge >= 0.3 is 36.3 Å². The van der Waals surface area contributed by atoms with Crippen LogP contribution in [-0.4, -0.2) is 128 Å². The molecule has 45 heavy (non-hydrogen) atoms. The lowest BCUT2D eigenvalue weighted by atomic mass is 9.88. The zero-order valence-corrected chi connectivity index (χ0v) is 23.9. The third-order valence-electron chi connectivity index (χ3n) is 4.09. The van der Waals surface area contributed by atoms with Gasteiger partial charge in [-0.3, -0.25) is 13.7 Å². The van der Waals surface area contributed by atoms with Gasteiger partial charge in [-0.1, -0.05) is 6.92 Å². The number of aliphatic hydroxyl groups is 3. The van der Waals surface area contributed by atoms with Crippen molar-refractivity contribution in [3.63, 3.8) is 0 Å². The van der Waals surface area contributed by atoms with Gasteiger partial charge in [0.2, 0.25) is 0 Å². The molecule has 0 heterocycles. The van der Waals surface area contributed by atoms with Crippen LogP contribution in [0.4, 0.5) is 65.9 Å². The number of hydrogen-bond donors (Lipinski definition) is 6. The van der Waals surface area contributed by atoms with E-state index in [4.69, 9.17) is 29.0 Å². The molecule has 0 rings (SSSR count). The summed E-state index contributed by atoms with van der Waals surface area (Å²) >= 11 is 0. The van der Waals surface area contributed by atoms with Gasteiger partial charge in [-0.15, -0.1) is 0 Å². The Morgan fingerprint density at radius 1 is 0.422 bits per heavy atom. The Balaban J connectivity index is -0.000000251. The highest BCUT2D eigenvalue weighted by atomic mass is 32.2. The Morgan fingerprint density at radius 3 is 0.600 bits per heavy atom. The third kappa shape index (κ3) is 22.7. The van der Waals surface area contributed by atoms with E-state index in [0.717, 1.165) is 0 Å². The van der Waals surface area contributed by atoms with E-state index in [0.29, 0.717) is 6.42 Å². The van der Waals surface area contributed by atoms with Crippen molar-refractivity contribution in [2.45, 2.75) is 49.6 Å². The largest absolute Gasteiger partial charge is 0.454 e. The maximum atomic E-state index is 11.8. The molecule has 30 heteroatoms. The Kier molecular flexibility index (Phi) is 19.2. The molecule has 0 spiro atoms. The quantitative estimate of drug-likeness (QED) is 0.139. The highest BCUT2D eigenvalue weighted by Gasteiger charge is 2.61. The molecular weight excluding hydrogens is 753 g/mol. The summed E-state index contributed by atoms with van der Waals surface area (Å²) in [5, 5.41) is 26.0. The zero-order chi connectivity index (χ0) is 37.9. The fourth-order valence-corrected chi connectivity index (χ4v) is 3.28. The van der Waals surface area contributed by atoms with Crippen molar-refractivity contribution in [2.75, 3.05) is 37.1 Å². The van der Waals surface area contributed by atoms with E-state index in [2.05, 4.69) is 0 Å². The number of hydrogen-bond acceptors (Lipinski definition) is 9. The van der Waals surface area contributed by atoms with Gasteiger partial charge in [0.05, 0.1) is 19.8 Å². The molecule has 0 amide bonds. The fraction of sp³-hybridized carbons (Fsp3) is 1.00. The maximum absolute atomic E-state index is 11.8. The van der Waals surface area contributed by atoms with Crippen LogP contribution in [0.2, 0.25) is 0 Å². The van der Waals surface area contributed by atoms with Crippen molar-refractivity contribution < 1.29 is 120 Å². The van der Waals surface area contributed by atoms with Crippen LogP contribution < -0.4 is 0 Å². The van der Waals surface area contributed by atoms with E-state index in [9.17, 15) is 91.1 Å². The summed E-state index contributed by atoms with van der Waals surface area (Å²) < 4.78 is 253. The van der Waals surface area contributed by atoms with Crippen molar-refractivity contribution in [1.29, 1.82) is 0 Å². The summed E-state index contributed by atoms with van der Waals surface area (Å²) in [7, 11) is -16.0. The molecule has 0 aromatic rings. The van der Waals surface area contributed by atoms with E-state index in [-0.39, 0.29) is 19.8 Å². The lowest BCUT2D eigenvalue weighted by Crippen LogP contribution is -2.42. The van der Waals surface area contributed by atoms with Gasteiger partial charge in [-0.05, 0) is 6.42 Å². The Morgan fingerprint density at radius 2 is 0.578 bits per heavy atom. The molecule has 0 radical (unpaired) electrons. The standard InChI is InChI=1S/C6H14O3.3C3H3F5O3S/c1-2-6(3-7,4-8)5-9;3*4-2(5,3(6,7)8)1-12(9,10)11/h7-9H,2-5H2,1H3;3*1H2,(H,9,10,11). The number of aliphatic hydroxyl groups excluding tert-OH is 3. The van der Waals surface area contributed by atoms with Crippen molar-refractivity contribution in [2.24, 2.45) is 5.41 Å². The topological polar surface area (TPSA) is 224 Å². The molecule has 0 saturated carbocycles. The van der Waals surface area contributed by atoms with Gasteiger partial charge in [0.25, 0.3) is 30.4 Å². The molecule has 0 bridgehead atoms. The number of alkyl halides is 15. The molecular formula is C15H23F15O12S3. The number of rotatable bonds is 10. The maximum Gasteiger partial charge on any atom is 0.454 e. The van der Waals surface area contributed by atoms with Gasteiger partial charge in [0.15, 0.2) is 0 Å². The minimum atomic E-state index is -5.97. The van der Waals surface area contributed by atoms with Crippen molar-refractivity contribution in [1.82, 2.24) is 0 Å². The Bertz CT molecular complexity index is 1040. The molecule has 0 aromatic heterocycles. The first-order valence-electron chi connectivity index (χ1n) is 10.1. The molecule has 0 aliphatic rings. The highest BCUT2D eigenvalue weighted by Crippen LogP contribution is 2.37. The van der Waals surface area contributed by atoms with E-state index in [1.54, 1.807) is 0 Å². The van der Waals surface area contributed by atoms with Crippen molar-refractivity contribution >= 4 is 30.4 Å². The average Bonchev–Trinajstić information content (AvgIpc) is 2.70. The molecule has 0 fully saturated rings. The van der Waals surface area contributed by atoms with E-state index in [1.807, 2.05) is 6.92 Å². The summed E-state index contributed by atoms with van der Waals surface area (Å²) in [4.78, 5) is 0. The smallest absolute Gasteiger partial charge is 0.396 e. The van der Waals surface area contributed by atoms with Crippen molar-refractivity contribution in [3.8, 4) is 0 Å². The van der Waals surface area contributed by atoms with Crippen LogP contribution in [0.1, 0.15) is 13.3 Å². The third-order valence-corrected chi connectivity index (χ3v) is 6.27. The van der Waals surface area contributed by atoms with E-state index < -0.39 is 89.3 Å². The summed E-state index contributed by atoms with van der Waals surface area (Å²) in [6.07, 6.45) is -17.3. The van der Waals surface area contributed by atoms with E-state index in [1.165, 1.54) is 0 Å². The molecule has 0 saturated heterocycles. The van der Waals surface area contributed by atoms with Crippen LogP contribution in [0.3, 0.4) is 0 Å². The summed E-state index contributed by atoms with van der Waals surface area (Å²) in [5.41, 5.74) is -0.667.